The van der Waals surface area contributed by atoms with Crippen LogP contribution in [0.1, 0.15) is 18.9 Å². The van der Waals surface area contributed by atoms with Gasteiger partial charge in [0.2, 0.25) is 0 Å². The van der Waals surface area contributed by atoms with E-state index in [1.807, 2.05) is 6.92 Å². The van der Waals surface area contributed by atoms with Crippen LogP contribution in [0, 0.1) is 0 Å². The van der Waals surface area contributed by atoms with Crippen LogP contribution >= 0.6 is 0 Å². The van der Waals surface area contributed by atoms with Crippen molar-refractivity contribution in [3.05, 3.63) is 54.1 Å². The van der Waals surface area contributed by atoms with Gasteiger partial charge >= 0.3 is 11.8 Å². The Morgan fingerprint density at radius 3 is 2.21 bits per heavy atom. The summed E-state index contributed by atoms with van der Waals surface area (Å²) < 4.78 is 10.4. The van der Waals surface area contributed by atoms with Crippen molar-refractivity contribution in [2.75, 3.05) is 18.5 Å². The molecule has 0 aliphatic rings. The molecule has 2 N–H and O–H groups in total. The van der Waals surface area contributed by atoms with E-state index in [2.05, 4.69) is 15.8 Å². The number of carboxylic acids is 1. The molecule has 29 heavy (non-hydrogen) atoms. The minimum absolute atomic E-state index is 0.348. The van der Waals surface area contributed by atoms with E-state index in [9.17, 15) is 19.5 Å². The third-order valence-electron chi connectivity index (χ3n) is 3.41. The standard InChI is InChI=1S/C20H21N3O6/c1-2-11-28-16-9-5-15(6-10-16)22-19(26)20(27)23-21-12-14-3-7-17(8-4-14)29-13-18(24)25/h3-10,12H,2,11,13H2,1H3,(H,22,26)(H,23,27)(H,24,25)/p-1/b21-12-. The second kappa shape index (κ2) is 11.1. The highest BCUT2D eigenvalue weighted by molar-refractivity contribution is 6.39. The fourth-order valence-electron chi connectivity index (χ4n) is 2.05. The van der Waals surface area contributed by atoms with Crippen LogP contribution in [0.15, 0.2) is 53.6 Å². The molecular formula is C20H20N3O6-. The summed E-state index contributed by atoms with van der Waals surface area (Å²) >= 11 is 0. The molecular weight excluding hydrogens is 378 g/mol. The van der Waals surface area contributed by atoms with Gasteiger partial charge in [0, 0.05) is 5.69 Å². The average Bonchev–Trinajstić information content (AvgIpc) is 2.72. The number of amides is 2. The van der Waals surface area contributed by atoms with Crippen LogP contribution in [-0.2, 0) is 14.4 Å². The molecule has 0 unspecified atom stereocenters. The van der Waals surface area contributed by atoms with Crippen molar-refractivity contribution in [3.8, 4) is 11.5 Å². The number of rotatable bonds is 9. The van der Waals surface area contributed by atoms with Gasteiger partial charge < -0.3 is 24.7 Å². The highest BCUT2D eigenvalue weighted by atomic mass is 16.5. The first-order valence-corrected chi connectivity index (χ1v) is 8.78. The van der Waals surface area contributed by atoms with E-state index >= 15 is 0 Å². The minimum atomic E-state index is -1.32. The molecule has 0 saturated carbocycles. The van der Waals surface area contributed by atoms with Crippen molar-refractivity contribution in [1.82, 2.24) is 5.43 Å². The summed E-state index contributed by atoms with van der Waals surface area (Å²) in [6.45, 7) is 2.05. The van der Waals surface area contributed by atoms with E-state index in [4.69, 9.17) is 9.47 Å². The first-order valence-electron chi connectivity index (χ1n) is 8.78. The molecule has 0 aromatic heterocycles. The monoisotopic (exact) mass is 398 g/mol. The van der Waals surface area contributed by atoms with Gasteiger partial charge in [0.25, 0.3) is 0 Å². The van der Waals surface area contributed by atoms with Crippen molar-refractivity contribution in [1.29, 1.82) is 0 Å². The molecule has 2 rings (SSSR count). The van der Waals surface area contributed by atoms with E-state index in [1.54, 1.807) is 36.4 Å². The minimum Gasteiger partial charge on any atom is -0.546 e. The number of ether oxygens (including phenoxy) is 2. The van der Waals surface area contributed by atoms with Crippen molar-refractivity contribution in [2.45, 2.75) is 13.3 Å². The van der Waals surface area contributed by atoms with Crippen LogP contribution in [-0.4, -0.2) is 37.2 Å². The largest absolute Gasteiger partial charge is 0.546 e. The summed E-state index contributed by atoms with van der Waals surface area (Å²) in [5.74, 6) is -2.09. The number of aliphatic carboxylic acids is 1. The zero-order valence-electron chi connectivity index (χ0n) is 15.7. The van der Waals surface area contributed by atoms with Gasteiger partial charge in [0.15, 0.2) is 0 Å². The van der Waals surface area contributed by atoms with Crippen molar-refractivity contribution >= 4 is 29.7 Å². The smallest absolute Gasteiger partial charge is 0.329 e. The summed E-state index contributed by atoms with van der Waals surface area (Å²) in [6.07, 6.45) is 2.22. The second-order valence-electron chi connectivity index (χ2n) is 5.76. The maximum atomic E-state index is 11.9. The van der Waals surface area contributed by atoms with Crippen LogP contribution < -0.4 is 25.3 Å². The first-order chi connectivity index (χ1) is 14.0. The van der Waals surface area contributed by atoms with Gasteiger partial charge in [0.05, 0.1) is 18.8 Å². The van der Waals surface area contributed by atoms with Crippen molar-refractivity contribution < 1.29 is 29.0 Å². The van der Waals surface area contributed by atoms with Gasteiger partial charge in [-0.1, -0.05) is 6.92 Å². The predicted octanol–water partition coefficient (Wildman–Crippen LogP) is 0.693. The summed E-state index contributed by atoms with van der Waals surface area (Å²) in [4.78, 5) is 34.0. The molecule has 152 valence electrons. The van der Waals surface area contributed by atoms with E-state index in [0.717, 1.165) is 6.42 Å². The molecule has 0 heterocycles. The topological polar surface area (TPSA) is 129 Å². The van der Waals surface area contributed by atoms with Gasteiger partial charge in [-0.3, -0.25) is 9.59 Å². The zero-order valence-corrected chi connectivity index (χ0v) is 15.7. The SMILES string of the molecule is CCCOc1ccc(NC(=O)C(=O)N/N=C\c2ccc(OCC(=O)[O-])cc2)cc1. The molecule has 0 aliphatic heterocycles. The van der Waals surface area contributed by atoms with Gasteiger partial charge in [0.1, 0.15) is 18.1 Å². The lowest BCUT2D eigenvalue weighted by atomic mass is 10.2. The number of hydrazone groups is 1. The van der Waals surface area contributed by atoms with Gasteiger partial charge in [-0.2, -0.15) is 5.10 Å². The summed E-state index contributed by atoms with van der Waals surface area (Å²) in [5, 5.41) is 16.5. The fraction of sp³-hybridized carbons (Fsp3) is 0.200. The van der Waals surface area contributed by atoms with E-state index in [-0.39, 0.29) is 0 Å². The molecule has 9 heteroatoms. The average molecular weight is 398 g/mol. The highest BCUT2D eigenvalue weighted by Gasteiger charge is 2.12. The number of hydrogen-bond donors (Lipinski definition) is 2. The normalized spacial score (nSPS) is 10.4. The Balaban J connectivity index is 1.80. The highest BCUT2D eigenvalue weighted by Crippen LogP contribution is 2.15. The zero-order chi connectivity index (χ0) is 21.1. The van der Waals surface area contributed by atoms with Crippen LogP contribution in [0.3, 0.4) is 0 Å². The molecule has 0 aliphatic carbocycles. The van der Waals surface area contributed by atoms with Crippen LogP contribution in [0.2, 0.25) is 0 Å². The van der Waals surface area contributed by atoms with Crippen LogP contribution in [0.5, 0.6) is 11.5 Å². The number of carboxylic acid groups (broad SMARTS) is 1. The molecule has 2 amide bonds. The van der Waals surface area contributed by atoms with E-state index in [1.165, 1.54) is 18.3 Å². The maximum absolute atomic E-state index is 11.9. The number of nitrogens with zero attached hydrogens (tertiary/aromatic N) is 1. The third kappa shape index (κ3) is 7.71. The Morgan fingerprint density at radius 1 is 0.966 bits per heavy atom. The van der Waals surface area contributed by atoms with E-state index in [0.29, 0.717) is 29.4 Å². The molecule has 2 aromatic rings. The molecule has 0 atom stereocenters. The van der Waals surface area contributed by atoms with Crippen LogP contribution in [0.4, 0.5) is 5.69 Å². The Morgan fingerprint density at radius 2 is 1.59 bits per heavy atom. The summed E-state index contributed by atoms with van der Waals surface area (Å²) in [5.41, 5.74) is 3.18. The Labute approximate surface area is 167 Å². The van der Waals surface area contributed by atoms with Gasteiger partial charge in [-0.05, 0) is 60.5 Å². The Kier molecular flexibility index (Phi) is 8.18. The molecule has 9 nitrogen and oxygen atoms in total. The Hall–Kier alpha value is -3.88. The van der Waals surface area contributed by atoms with Gasteiger partial charge in [-0.25, -0.2) is 5.43 Å². The number of hydrogen-bond acceptors (Lipinski definition) is 7. The quantitative estimate of drug-likeness (QED) is 0.363. The lowest BCUT2D eigenvalue weighted by Gasteiger charge is -2.07. The number of anilines is 1. The lowest BCUT2D eigenvalue weighted by molar-refractivity contribution is -0.307. The van der Waals surface area contributed by atoms with Crippen LogP contribution in [0.25, 0.3) is 0 Å². The number of nitrogens with one attached hydrogen (secondary N) is 2. The Bertz CT molecular complexity index is 863. The maximum Gasteiger partial charge on any atom is 0.329 e. The molecule has 0 saturated heterocycles. The summed E-state index contributed by atoms with van der Waals surface area (Å²) in [7, 11) is 0. The lowest BCUT2D eigenvalue weighted by Crippen LogP contribution is -2.32. The first kappa shape index (κ1) is 21.4. The molecule has 0 bridgehead atoms. The predicted molar refractivity (Wildman–Crippen MR) is 104 cm³/mol. The van der Waals surface area contributed by atoms with Crippen molar-refractivity contribution in [2.24, 2.45) is 5.10 Å². The van der Waals surface area contributed by atoms with Gasteiger partial charge in [-0.15, -0.1) is 0 Å². The number of benzene rings is 2. The number of carbonyl (C=O) groups is 3. The van der Waals surface area contributed by atoms with E-state index < -0.39 is 24.4 Å². The number of carbonyl (C=O) groups excluding carboxylic acids is 3. The fourth-order valence-corrected chi connectivity index (χ4v) is 2.05. The third-order valence-corrected chi connectivity index (χ3v) is 3.41. The second-order valence-corrected chi connectivity index (χ2v) is 5.76. The summed E-state index contributed by atoms with van der Waals surface area (Å²) in [6, 6.07) is 12.9. The molecule has 0 spiro atoms. The molecule has 2 aromatic carbocycles. The molecule has 0 radical (unpaired) electrons. The molecule has 0 fully saturated rings. The van der Waals surface area contributed by atoms with Crippen molar-refractivity contribution in [3.63, 3.8) is 0 Å².